The predicted octanol–water partition coefficient (Wildman–Crippen LogP) is 2.47. The van der Waals surface area contributed by atoms with Crippen molar-refractivity contribution in [1.82, 2.24) is 10.3 Å². The molecule has 0 spiro atoms. The Morgan fingerprint density at radius 3 is 3.09 bits per heavy atom. The minimum absolute atomic E-state index is 0.0871. The normalized spacial score (nSPS) is 13.1. The van der Waals surface area contributed by atoms with Crippen molar-refractivity contribution < 1.29 is 9.53 Å². The molecule has 0 fully saturated rings. The molecular formula is C17H21N3O2S. The van der Waals surface area contributed by atoms with E-state index in [-0.39, 0.29) is 12.5 Å². The number of fused-ring (bicyclic) bond motifs is 1. The van der Waals surface area contributed by atoms with Crippen molar-refractivity contribution in [3.63, 3.8) is 0 Å². The Morgan fingerprint density at radius 1 is 1.35 bits per heavy atom. The summed E-state index contributed by atoms with van der Waals surface area (Å²) in [5, 5.41) is 8.47. The Hall–Kier alpha value is -1.76. The van der Waals surface area contributed by atoms with Crippen molar-refractivity contribution in [2.24, 2.45) is 0 Å². The van der Waals surface area contributed by atoms with E-state index in [4.69, 9.17) is 4.74 Å². The maximum atomic E-state index is 11.8. The fraction of sp³-hybridized carbons (Fsp3) is 0.412. The highest BCUT2D eigenvalue weighted by Crippen LogP contribution is 2.29. The van der Waals surface area contributed by atoms with Gasteiger partial charge in [0.2, 0.25) is 5.91 Å². The van der Waals surface area contributed by atoms with Crippen LogP contribution in [0, 0.1) is 0 Å². The van der Waals surface area contributed by atoms with Crippen molar-refractivity contribution in [2.75, 3.05) is 32.1 Å². The summed E-state index contributed by atoms with van der Waals surface area (Å²) in [7, 11) is 1.64. The van der Waals surface area contributed by atoms with Gasteiger partial charge in [0, 0.05) is 24.6 Å². The van der Waals surface area contributed by atoms with Gasteiger partial charge in [-0.2, -0.15) is 0 Å². The fourth-order valence-electron chi connectivity index (χ4n) is 2.73. The summed E-state index contributed by atoms with van der Waals surface area (Å²) in [6, 6.07) is 6.56. The van der Waals surface area contributed by atoms with Gasteiger partial charge in [-0.15, -0.1) is 11.3 Å². The third-order valence-electron chi connectivity index (χ3n) is 3.91. The summed E-state index contributed by atoms with van der Waals surface area (Å²) >= 11 is 1.45. The molecule has 0 atom stereocenters. The minimum atomic E-state index is -0.0871. The number of nitrogens with one attached hydrogen (secondary N) is 2. The molecule has 0 bridgehead atoms. The molecule has 6 heteroatoms. The number of thiazole rings is 1. The minimum Gasteiger partial charge on any atom is -0.383 e. The predicted molar refractivity (Wildman–Crippen MR) is 93.0 cm³/mol. The Morgan fingerprint density at radius 2 is 2.22 bits per heavy atom. The number of aromatic nitrogens is 1. The zero-order valence-corrected chi connectivity index (χ0v) is 14.0. The van der Waals surface area contributed by atoms with Crippen LogP contribution in [0.4, 0.5) is 5.13 Å². The molecule has 0 aliphatic heterocycles. The molecule has 1 aliphatic rings. The van der Waals surface area contributed by atoms with E-state index in [1.807, 2.05) is 5.38 Å². The van der Waals surface area contributed by atoms with Gasteiger partial charge in [-0.05, 0) is 36.5 Å². The van der Waals surface area contributed by atoms with E-state index in [1.165, 1.54) is 35.3 Å². The van der Waals surface area contributed by atoms with Gasteiger partial charge in [0.25, 0.3) is 0 Å². The first kappa shape index (κ1) is 16.1. The van der Waals surface area contributed by atoms with E-state index in [9.17, 15) is 4.79 Å². The second kappa shape index (κ2) is 7.68. The van der Waals surface area contributed by atoms with Crippen molar-refractivity contribution >= 4 is 22.4 Å². The van der Waals surface area contributed by atoms with E-state index in [2.05, 4.69) is 33.8 Å². The monoisotopic (exact) mass is 331 g/mol. The number of aryl methyl sites for hydroxylation is 2. The van der Waals surface area contributed by atoms with Crippen LogP contribution in [-0.4, -0.2) is 37.7 Å². The fourth-order valence-corrected chi connectivity index (χ4v) is 3.47. The highest BCUT2D eigenvalue weighted by Gasteiger charge is 2.13. The molecule has 1 aliphatic carbocycles. The second-order valence-corrected chi connectivity index (χ2v) is 6.45. The topological polar surface area (TPSA) is 63.2 Å². The number of hydrogen-bond acceptors (Lipinski definition) is 5. The number of carbonyl (C=O) groups is 1. The molecule has 1 aromatic carbocycles. The van der Waals surface area contributed by atoms with Crippen LogP contribution in [0.2, 0.25) is 0 Å². The van der Waals surface area contributed by atoms with E-state index < -0.39 is 0 Å². The summed E-state index contributed by atoms with van der Waals surface area (Å²) < 4.78 is 4.92. The quantitative estimate of drug-likeness (QED) is 0.765. The van der Waals surface area contributed by atoms with Crippen molar-refractivity contribution in [1.29, 1.82) is 0 Å². The maximum Gasteiger partial charge on any atom is 0.240 e. The number of hydrogen-bond donors (Lipinski definition) is 2. The van der Waals surface area contributed by atoms with Crippen LogP contribution in [0.5, 0.6) is 0 Å². The summed E-state index contributed by atoms with van der Waals surface area (Å²) in [5.41, 5.74) is 4.94. The lowest BCUT2D eigenvalue weighted by atomic mass is 10.1. The standard InChI is InChI=1S/C17H21N3O2S/c1-22-8-7-18-10-16(21)20-17-19-15(11-23-17)14-6-5-12-3-2-4-13(12)9-14/h5-6,9,11,18H,2-4,7-8,10H2,1H3,(H,19,20,21). The number of carbonyl (C=O) groups excluding carboxylic acids is 1. The van der Waals surface area contributed by atoms with Gasteiger partial charge in [0.05, 0.1) is 18.8 Å². The number of benzene rings is 1. The molecule has 23 heavy (non-hydrogen) atoms. The lowest BCUT2D eigenvalue weighted by Gasteiger charge is -2.04. The molecule has 0 radical (unpaired) electrons. The third kappa shape index (κ3) is 4.16. The number of rotatable bonds is 7. The largest absolute Gasteiger partial charge is 0.383 e. The molecular weight excluding hydrogens is 310 g/mol. The lowest BCUT2D eigenvalue weighted by Crippen LogP contribution is -2.30. The van der Waals surface area contributed by atoms with Gasteiger partial charge in [-0.1, -0.05) is 12.1 Å². The van der Waals surface area contributed by atoms with Crippen LogP contribution >= 0.6 is 11.3 Å². The first-order valence-corrected chi connectivity index (χ1v) is 8.71. The molecule has 2 N–H and O–H groups in total. The first-order valence-electron chi connectivity index (χ1n) is 7.83. The van der Waals surface area contributed by atoms with E-state index in [1.54, 1.807) is 7.11 Å². The van der Waals surface area contributed by atoms with Gasteiger partial charge in [-0.3, -0.25) is 4.79 Å². The molecule has 3 rings (SSSR count). The van der Waals surface area contributed by atoms with Gasteiger partial charge in [0.1, 0.15) is 0 Å². The highest BCUT2D eigenvalue weighted by atomic mass is 32.1. The zero-order chi connectivity index (χ0) is 16.1. The molecule has 1 heterocycles. The number of ether oxygens (including phenoxy) is 1. The Bertz CT molecular complexity index is 684. The second-order valence-electron chi connectivity index (χ2n) is 5.59. The first-order chi connectivity index (χ1) is 11.3. The lowest BCUT2D eigenvalue weighted by molar-refractivity contribution is -0.115. The smallest absolute Gasteiger partial charge is 0.240 e. The highest BCUT2D eigenvalue weighted by molar-refractivity contribution is 7.14. The van der Waals surface area contributed by atoms with Crippen LogP contribution < -0.4 is 10.6 Å². The summed E-state index contributed by atoms with van der Waals surface area (Å²) in [6.45, 7) is 1.51. The number of nitrogens with zero attached hydrogens (tertiary/aromatic N) is 1. The van der Waals surface area contributed by atoms with Crippen molar-refractivity contribution in [3.05, 3.63) is 34.7 Å². The molecule has 1 aromatic heterocycles. The molecule has 0 unspecified atom stereocenters. The van der Waals surface area contributed by atoms with Crippen molar-refractivity contribution in [3.8, 4) is 11.3 Å². The Kier molecular flexibility index (Phi) is 5.38. The molecule has 2 aromatic rings. The molecule has 1 amide bonds. The van der Waals surface area contributed by atoms with E-state index in [0.717, 1.165) is 17.7 Å². The molecule has 0 saturated carbocycles. The van der Waals surface area contributed by atoms with Crippen LogP contribution in [0.15, 0.2) is 23.6 Å². The average Bonchev–Trinajstić information content (AvgIpc) is 3.19. The Labute approximate surface area is 140 Å². The van der Waals surface area contributed by atoms with Gasteiger partial charge in [-0.25, -0.2) is 4.98 Å². The summed E-state index contributed by atoms with van der Waals surface area (Å²) in [4.78, 5) is 16.4. The SMILES string of the molecule is COCCNCC(=O)Nc1nc(-c2ccc3c(c2)CCC3)cs1. The van der Waals surface area contributed by atoms with E-state index in [0.29, 0.717) is 18.3 Å². The number of amides is 1. The average molecular weight is 331 g/mol. The Balaban J connectivity index is 1.58. The van der Waals surface area contributed by atoms with Crippen LogP contribution in [0.25, 0.3) is 11.3 Å². The van der Waals surface area contributed by atoms with E-state index >= 15 is 0 Å². The summed E-state index contributed by atoms with van der Waals surface area (Å²) in [6.07, 6.45) is 3.58. The number of anilines is 1. The van der Waals surface area contributed by atoms with Gasteiger partial charge in [0.15, 0.2) is 5.13 Å². The van der Waals surface area contributed by atoms with Crippen LogP contribution in [-0.2, 0) is 22.4 Å². The van der Waals surface area contributed by atoms with Crippen molar-refractivity contribution in [2.45, 2.75) is 19.3 Å². The molecule has 5 nitrogen and oxygen atoms in total. The maximum absolute atomic E-state index is 11.8. The van der Waals surface area contributed by atoms with Crippen LogP contribution in [0.3, 0.4) is 0 Å². The van der Waals surface area contributed by atoms with Gasteiger partial charge >= 0.3 is 0 Å². The number of methoxy groups -OCH3 is 1. The summed E-state index contributed by atoms with van der Waals surface area (Å²) in [5.74, 6) is -0.0871. The van der Waals surface area contributed by atoms with Gasteiger partial charge < -0.3 is 15.4 Å². The molecule has 122 valence electrons. The molecule has 0 saturated heterocycles. The van der Waals surface area contributed by atoms with Crippen LogP contribution in [0.1, 0.15) is 17.5 Å². The zero-order valence-electron chi connectivity index (χ0n) is 13.2. The third-order valence-corrected chi connectivity index (χ3v) is 4.67.